The van der Waals surface area contributed by atoms with Gasteiger partial charge < -0.3 is 10.0 Å². The Kier molecular flexibility index (Phi) is 5.43. The van der Waals surface area contributed by atoms with E-state index in [2.05, 4.69) is 16.0 Å². The van der Waals surface area contributed by atoms with Crippen molar-refractivity contribution in [3.05, 3.63) is 59.8 Å². The first-order valence-corrected chi connectivity index (χ1v) is 9.07. The van der Waals surface area contributed by atoms with Crippen LogP contribution in [0.15, 0.2) is 48.7 Å². The van der Waals surface area contributed by atoms with Gasteiger partial charge in [0.15, 0.2) is 0 Å². The van der Waals surface area contributed by atoms with Gasteiger partial charge in [-0.05, 0) is 37.1 Å². The number of nitrogens with zero attached hydrogens (tertiary/aromatic N) is 4. The third kappa shape index (κ3) is 4.09. The van der Waals surface area contributed by atoms with Gasteiger partial charge in [0.25, 0.3) is 0 Å². The molecule has 140 valence electrons. The predicted molar refractivity (Wildman–Crippen MR) is 103 cm³/mol. The van der Waals surface area contributed by atoms with E-state index in [9.17, 15) is 15.2 Å². The Balaban J connectivity index is 1.74. The number of hydrogen-bond acceptors (Lipinski definition) is 5. The topological polar surface area (TPSA) is 80.5 Å². The van der Waals surface area contributed by atoms with Crippen molar-refractivity contribution in [2.75, 3.05) is 31.1 Å². The van der Waals surface area contributed by atoms with Gasteiger partial charge in [-0.25, -0.2) is 4.98 Å². The molecule has 3 rings (SSSR count). The number of aromatic nitrogens is 1. The molecule has 0 spiro atoms. The molecule has 1 aliphatic heterocycles. The highest BCUT2D eigenvalue weighted by atomic mass is 16.4. The quantitative estimate of drug-likeness (QED) is 0.879. The molecule has 1 saturated heterocycles. The maximum absolute atomic E-state index is 12.0. The van der Waals surface area contributed by atoms with E-state index in [1.54, 1.807) is 6.20 Å². The zero-order valence-electron chi connectivity index (χ0n) is 15.7. The van der Waals surface area contributed by atoms with Crippen LogP contribution in [0.3, 0.4) is 0 Å². The summed E-state index contributed by atoms with van der Waals surface area (Å²) in [6, 6.07) is 14.8. The molecule has 1 fully saturated rings. The molecule has 0 bridgehead atoms. The number of benzene rings is 1. The third-order valence-corrected chi connectivity index (χ3v) is 5.11. The van der Waals surface area contributed by atoms with E-state index in [0.29, 0.717) is 13.1 Å². The molecule has 1 N–H and O–H groups in total. The lowest BCUT2D eigenvalue weighted by Gasteiger charge is -2.38. The van der Waals surface area contributed by atoms with Crippen molar-refractivity contribution in [2.45, 2.75) is 25.3 Å². The van der Waals surface area contributed by atoms with E-state index in [-0.39, 0.29) is 0 Å². The maximum Gasteiger partial charge on any atom is 0.325 e. The summed E-state index contributed by atoms with van der Waals surface area (Å²) in [6.07, 6.45) is 1.77. The summed E-state index contributed by atoms with van der Waals surface area (Å²) in [4.78, 5) is 20.5. The van der Waals surface area contributed by atoms with Crippen LogP contribution in [0.1, 0.15) is 31.0 Å². The number of carboxylic acid groups (broad SMARTS) is 1. The normalized spacial score (nSPS) is 16.6. The van der Waals surface area contributed by atoms with Gasteiger partial charge in [0.05, 0.1) is 11.5 Å². The van der Waals surface area contributed by atoms with Gasteiger partial charge >= 0.3 is 5.97 Å². The number of rotatable bonds is 5. The molecule has 0 radical (unpaired) electrons. The van der Waals surface area contributed by atoms with Crippen LogP contribution in [0.2, 0.25) is 0 Å². The molecular formula is C21H24N4O2. The van der Waals surface area contributed by atoms with E-state index < -0.39 is 17.4 Å². The second-order valence-electron chi connectivity index (χ2n) is 7.31. The van der Waals surface area contributed by atoms with Crippen molar-refractivity contribution >= 4 is 11.8 Å². The van der Waals surface area contributed by atoms with Crippen molar-refractivity contribution in [3.8, 4) is 6.07 Å². The molecule has 1 aliphatic rings. The summed E-state index contributed by atoms with van der Waals surface area (Å²) >= 11 is 0. The van der Waals surface area contributed by atoms with Gasteiger partial charge in [0.2, 0.25) is 0 Å². The zero-order chi connectivity index (χ0) is 19.4. The number of anilines is 1. The van der Waals surface area contributed by atoms with E-state index in [0.717, 1.165) is 30.0 Å². The molecule has 27 heavy (non-hydrogen) atoms. The monoisotopic (exact) mass is 364 g/mol. The second kappa shape index (κ2) is 7.77. The van der Waals surface area contributed by atoms with Gasteiger partial charge in [0.1, 0.15) is 11.9 Å². The van der Waals surface area contributed by atoms with Crippen LogP contribution in [-0.4, -0.2) is 47.1 Å². The first-order valence-electron chi connectivity index (χ1n) is 9.07. The van der Waals surface area contributed by atoms with Crippen LogP contribution < -0.4 is 4.90 Å². The SMILES string of the molecule is CC(C)(C#N)c1ccc([C@H](C(=O)O)N2CCN(c3ccccn3)CC2)cc1. The fourth-order valence-electron chi connectivity index (χ4n) is 3.41. The van der Waals surface area contributed by atoms with Crippen LogP contribution in [0.5, 0.6) is 0 Å². The van der Waals surface area contributed by atoms with Crippen LogP contribution in [0, 0.1) is 11.3 Å². The molecule has 6 nitrogen and oxygen atoms in total. The highest BCUT2D eigenvalue weighted by Crippen LogP contribution is 2.27. The van der Waals surface area contributed by atoms with Crippen LogP contribution in [0.4, 0.5) is 5.82 Å². The van der Waals surface area contributed by atoms with Gasteiger partial charge in [-0.15, -0.1) is 0 Å². The van der Waals surface area contributed by atoms with Gasteiger partial charge in [-0.3, -0.25) is 9.69 Å². The highest BCUT2D eigenvalue weighted by molar-refractivity contribution is 5.75. The molecule has 6 heteroatoms. The van der Waals surface area contributed by atoms with E-state index in [1.165, 1.54) is 0 Å². The summed E-state index contributed by atoms with van der Waals surface area (Å²) in [6.45, 7) is 6.49. The Bertz CT molecular complexity index is 820. The Morgan fingerprint density at radius 3 is 2.33 bits per heavy atom. The smallest absolute Gasteiger partial charge is 0.325 e. The molecule has 2 aromatic rings. The van der Waals surface area contributed by atoms with Gasteiger partial charge in [0, 0.05) is 32.4 Å². The third-order valence-electron chi connectivity index (χ3n) is 5.11. The van der Waals surface area contributed by atoms with Crippen molar-refractivity contribution in [2.24, 2.45) is 0 Å². The Labute approximate surface area is 159 Å². The van der Waals surface area contributed by atoms with E-state index in [1.807, 2.05) is 61.2 Å². The summed E-state index contributed by atoms with van der Waals surface area (Å²) in [5.41, 5.74) is 1.04. The minimum absolute atomic E-state index is 0.592. The van der Waals surface area contributed by atoms with Crippen LogP contribution in [0.25, 0.3) is 0 Å². The summed E-state index contributed by atoms with van der Waals surface area (Å²) in [5, 5.41) is 19.1. The molecule has 0 amide bonds. The standard InChI is InChI=1S/C21H24N4O2/c1-21(2,15-22)17-8-6-16(7-9-17)19(20(26)27)25-13-11-24(12-14-25)18-5-3-4-10-23-18/h3-10,19H,11-14H2,1-2H3,(H,26,27)/t19-/m1/s1. The van der Waals surface area contributed by atoms with Gasteiger partial charge in [-0.1, -0.05) is 30.3 Å². The van der Waals surface area contributed by atoms with Crippen LogP contribution in [-0.2, 0) is 10.2 Å². The van der Waals surface area contributed by atoms with Gasteiger partial charge in [-0.2, -0.15) is 5.26 Å². The minimum Gasteiger partial charge on any atom is -0.480 e. The molecule has 1 atom stereocenters. The van der Waals surface area contributed by atoms with Crippen LogP contribution >= 0.6 is 0 Å². The first kappa shape index (κ1) is 18.9. The summed E-state index contributed by atoms with van der Waals surface area (Å²) in [7, 11) is 0. The minimum atomic E-state index is -0.853. The zero-order valence-corrected chi connectivity index (χ0v) is 15.7. The average molecular weight is 364 g/mol. The Morgan fingerprint density at radius 2 is 1.81 bits per heavy atom. The molecular weight excluding hydrogens is 340 g/mol. The molecule has 0 saturated carbocycles. The van der Waals surface area contributed by atoms with Crippen molar-refractivity contribution in [3.63, 3.8) is 0 Å². The highest BCUT2D eigenvalue weighted by Gasteiger charge is 2.31. The number of pyridine rings is 1. The lowest BCUT2D eigenvalue weighted by Crippen LogP contribution is -2.49. The molecule has 0 unspecified atom stereocenters. The fraction of sp³-hybridized carbons (Fsp3) is 0.381. The maximum atomic E-state index is 12.0. The molecule has 1 aromatic carbocycles. The number of aliphatic carboxylic acids is 1. The predicted octanol–water partition coefficient (Wildman–Crippen LogP) is 2.83. The molecule has 2 heterocycles. The number of carbonyl (C=O) groups is 1. The lowest BCUT2D eigenvalue weighted by atomic mass is 9.85. The number of carboxylic acids is 1. The summed E-state index contributed by atoms with van der Waals surface area (Å²) < 4.78 is 0. The summed E-state index contributed by atoms with van der Waals surface area (Å²) in [5.74, 6) is 0.0701. The van der Waals surface area contributed by atoms with Crippen molar-refractivity contribution in [1.29, 1.82) is 5.26 Å². The average Bonchev–Trinajstić information content (AvgIpc) is 2.69. The Morgan fingerprint density at radius 1 is 1.15 bits per heavy atom. The van der Waals surface area contributed by atoms with Crippen molar-refractivity contribution in [1.82, 2.24) is 9.88 Å². The second-order valence-corrected chi connectivity index (χ2v) is 7.31. The lowest BCUT2D eigenvalue weighted by molar-refractivity contribution is -0.143. The molecule has 1 aromatic heterocycles. The first-order chi connectivity index (χ1) is 12.9. The van der Waals surface area contributed by atoms with E-state index >= 15 is 0 Å². The number of nitriles is 1. The fourth-order valence-corrected chi connectivity index (χ4v) is 3.41. The van der Waals surface area contributed by atoms with Crippen molar-refractivity contribution < 1.29 is 9.90 Å². The number of hydrogen-bond donors (Lipinski definition) is 1. The molecule has 0 aliphatic carbocycles. The van der Waals surface area contributed by atoms with E-state index in [4.69, 9.17) is 0 Å². The number of piperazine rings is 1. The largest absolute Gasteiger partial charge is 0.480 e. The Hall–Kier alpha value is -2.91.